The summed E-state index contributed by atoms with van der Waals surface area (Å²) < 4.78 is 51.4. The number of nitrogens with zero attached hydrogens (tertiary/aromatic N) is 5. The zero-order valence-electron chi connectivity index (χ0n) is 24.3. The number of methoxy groups -OCH3 is 1. The average Bonchev–Trinajstić information content (AvgIpc) is 3.23. The van der Waals surface area contributed by atoms with Crippen molar-refractivity contribution >= 4 is 23.1 Å². The predicted octanol–water partition coefficient (Wildman–Crippen LogP) is 3.38. The number of aliphatic carboxylic acids is 1. The van der Waals surface area contributed by atoms with Crippen LogP contribution in [-0.4, -0.2) is 82.4 Å². The first-order valence-corrected chi connectivity index (χ1v) is 13.1. The number of anilines is 1. The molecule has 0 atom stereocenters. The molecule has 1 saturated heterocycles. The lowest BCUT2D eigenvalue weighted by Crippen LogP contribution is -2.37. The van der Waals surface area contributed by atoms with E-state index < -0.39 is 12.1 Å². The van der Waals surface area contributed by atoms with Gasteiger partial charge in [0.1, 0.15) is 12.3 Å². The molecule has 0 unspecified atom stereocenters. The summed E-state index contributed by atoms with van der Waals surface area (Å²) in [7, 11) is 1.67. The maximum atomic E-state index is 13.5. The highest BCUT2D eigenvalue weighted by atomic mass is 19.4. The van der Waals surface area contributed by atoms with E-state index in [4.69, 9.17) is 29.5 Å². The fourth-order valence-corrected chi connectivity index (χ4v) is 4.27. The monoisotopic (exact) mass is 596 g/mol. The van der Waals surface area contributed by atoms with Crippen molar-refractivity contribution < 1.29 is 42.1 Å². The van der Waals surface area contributed by atoms with Crippen molar-refractivity contribution in [1.82, 2.24) is 19.4 Å². The van der Waals surface area contributed by atoms with Crippen molar-refractivity contribution in [2.24, 2.45) is 0 Å². The lowest BCUT2D eigenvalue weighted by Gasteiger charge is -2.33. The third-order valence-corrected chi connectivity index (χ3v) is 6.34. The van der Waals surface area contributed by atoms with Gasteiger partial charge in [0.25, 0.3) is 0 Å². The number of carbonyl (C=O) groups excluding carboxylic acids is 1. The Kier molecular flexibility index (Phi) is 9.86. The van der Waals surface area contributed by atoms with E-state index in [2.05, 4.69) is 35.9 Å². The number of nitrogens with one attached hydrogen (secondary N) is 1. The van der Waals surface area contributed by atoms with Crippen LogP contribution in [0.4, 0.5) is 18.9 Å². The molecule has 230 valence electrons. The van der Waals surface area contributed by atoms with Gasteiger partial charge in [-0.05, 0) is 31.4 Å². The molecule has 15 heteroatoms. The molecule has 0 amide bonds. The average molecular weight is 597 g/mol. The van der Waals surface area contributed by atoms with Crippen LogP contribution in [0.5, 0.6) is 11.6 Å². The van der Waals surface area contributed by atoms with Crippen LogP contribution >= 0.6 is 0 Å². The fraction of sp³-hybridized carbons (Fsp3) is 0.519. The highest BCUT2D eigenvalue weighted by Gasteiger charge is 2.38. The number of fused-ring (bicyclic) bond motifs is 1. The van der Waals surface area contributed by atoms with Gasteiger partial charge in [0, 0.05) is 35.8 Å². The molecule has 1 aliphatic heterocycles. The number of halogens is 3. The number of aryl methyl sites for hydroxylation is 1. The summed E-state index contributed by atoms with van der Waals surface area (Å²) in [5.74, 6) is -1.70. The number of carboxylic acids is 1. The number of aromatic nitrogens is 4. The van der Waals surface area contributed by atoms with Gasteiger partial charge in [0.05, 0.1) is 32.6 Å². The van der Waals surface area contributed by atoms with Gasteiger partial charge in [-0.15, -0.1) is 10.2 Å². The second-order valence-electron chi connectivity index (χ2n) is 10.5. The van der Waals surface area contributed by atoms with Gasteiger partial charge >= 0.3 is 12.1 Å². The first-order valence-electron chi connectivity index (χ1n) is 13.1. The molecule has 1 aliphatic rings. The van der Waals surface area contributed by atoms with Gasteiger partial charge in [-0.2, -0.15) is 17.7 Å². The Hall–Kier alpha value is -4.14. The van der Waals surface area contributed by atoms with Gasteiger partial charge in [-0.25, -0.2) is 9.48 Å². The van der Waals surface area contributed by atoms with E-state index in [-0.39, 0.29) is 23.4 Å². The van der Waals surface area contributed by atoms with E-state index in [0.29, 0.717) is 36.9 Å². The summed E-state index contributed by atoms with van der Waals surface area (Å²) >= 11 is 0. The Morgan fingerprint density at radius 1 is 1.12 bits per heavy atom. The Morgan fingerprint density at radius 2 is 1.74 bits per heavy atom. The van der Waals surface area contributed by atoms with E-state index >= 15 is 0 Å². The number of carbonyl (C=O) groups is 2. The predicted molar refractivity (Wildman–Crippen MR) is 145 cm³/mol. The molecule has 3 heterocycles. The summed E-state index contributed by atoms with van der Waals surface area (Å²) in [5.41, 5.74) is 3.50. The minimum atomic E-state index is -5.08. The van der Waals surface area contributed by atoms with Gasteiger partial charge in [0.2, 0.25) is 11.5 Å². The molecule has 4 rings (SSSR count). The number of Topliss-reactive ketones (excluding diaryl/α,β-unsaturated/α-hetero) is 1. The number of benzene rings is 1. The van der Waals surface area contributed by atoms with Crippen molar-refractivity contribution in [3.63, 3.8) is 0 Å². The zero-order chi connectivity index (χ0) is 31.4. The number of alkyl halides is 3. The second-order valence-corrected chi connectivity index (χ2v) is 10.5. The SMILES string of the molecule is CCOc1cc(C)c2nn(CC(=O)c3cc(N4CCOCC4)c(OC)c(C(C)(C)C)c3)c(=N)n2n1.O=C(O)C(F)(F)F. The highest BCUT2D eigenvalue weighted by Crippen LogP contribution is 2.40. The van der Waals surface area contributed by atoms with Gasteiger partial charge in [0.15, 0.2) is 11.4 Å². The molecule has 0 aliphatic carbocycles. The quantitative estimate of drug-likeness (QED) is 0.392. The molecule has 1 aromatic carbocycles. The van der Waals surface area contributed by atoms with E-state index in [1.165, 1.54) is 9.20 Å². The van der Waals surface area contributed by atoms with Gasteiger partial charge < -0.3 is 24.2 Å². The normalized spacial score (nSPS) is 13.9. The zero-order valence-corrected chi connectivity index (χ0v) is 24.3. The number of hydrogen-bond acceptors (Lipinski definition) is 9. The van der Waals surface area contributed by atoms with Crippen LogP contribution < -0.4 is 20.0 Å². The molecule has 42 heavy (non-hydrogen) atoms. The molecule has 12 nitrogen and oxygen atoms in total. The van der Waals surface area contributed by atoms with E-state index in [0.717, 1.165) is 35.7 Å². The smallest absolute Gasteiger partial charge is 0.490 e. The van der Waals surface area contributed by atoms with Crippen molar-refractivity contribution in [2.45, 2.75) is 52.8 Å². The van der Waals surface area contributed by atoms with Crippen LogP contribution in [0.25, 0.3) is 5.65 Å². The third-order valence-electron chi connectivity index (χ3n) is 6.34. The van der Waals surface area contributed by atoms with Crippen molar-refractivity contribution in [3.8, 4) is 11.6 Å². The molecule has 3 aromatic rings. The second kappa shape index (κ2) is 12.8. The van der Waals surface area contributed by atoms with E-state index in [9.17, 15) is 18.0 Å². The number of rotatable bonds is 7. The topological polar surface area (TPSA) is 144 Å². The van der Waals surface area contributed by atoms with Crippen LogP contribution in [0.15, 0.2) is 18.2 Å². The molecule has 0 spiro atoms. The summed E-state index contributed by atoms with van der Waals surface area (Å²) in [6.07, 6.45) is -5.08. The van der Waals surface area contributed by atoms with Gasteiger partial charge in [-0.1, -0.05) is 20.8 Å². The third kappa shape index (κ3) is 7.38. The fourth-order valence-electron chi connectivity index (χ4n) is 4.27. The minimum absolute atomic E-state index is 0.0102. The maximum Gasteiger partial charge on any atom is 0.490 e. The van der Waals surface area contributed by atoms with Crippen LogP contribution in [0, 0.1) is 12.3 Å². The van der Waals surface area contributed by atoms with E-state index in [1.807, 2.05) is 26.0 Å². The molecule has 0 saturated carbocycles. The number of morpholine rings is 1. The molecule has 2 aromatic heterocycles. The number of ketones is 1. The Labute approximate surface area is 240 Å². The van der Waals surface area contributed by atoms with Crippen LogP contribution in [-0.2, 0) is 21.5 Å². The molecular formula is C27H35F3N6O6. The maximum absolute atomic E-state index is 13.5. The van der Waals surface area contributed by atoms with Crippen molar-refractivity contribution in [2.75, 3.05) is 44.9 Å². The van der Waals surface area contributed by atoms with Crippen LogP contribution in [0.2, 0.25) is 0 Å². The first-order chi connectivity index (χ1) is 19.6. The van der Waals surface area contributed by atoms with Crippen LogP contribution in [0.1, 0.15) is 49.2 Å². The molecule has 1 fully saturated rings. The number of hydrogen-bond donors (Lipinski definition) is 2. The standard InChI is InChI=1S/C25H34N6O4.C2HF3O2/c1-7-35-21-12-16(2)23-28-30(24(26)31(23)27-21)15-20(32)17-13-18(25(3,4)5)22(33-6)19(14-17)29-8-10-34-11-9-29;3-2(4,5)1(6)7/h12-14,26H,7-11,15H2,1-6H3;(H,6,7). The molecule has 0 bridgehead atoms. The Bertz CT molecular complexity index is 1500. The minimum Gasteiger partial charge on any atom is -0.494 e. The Balaban J connectivity index is 0.000000616. The summed E-state index contributed by atoms with van der Waals surface area (Å²) in [6, 6.07) is 5.57. The van der Waals surface area contributed by atoms with Gasteiger partial charge in [-0.3, -0.25) is 10.2 Å². The largest absolute Gasteiger partial charge is 0.494 e. The first kappa shape index (κ1) is 32.4. The van der Waals surface area contributed by atoms with Crippen molar-refractivity contribution in [1.29, 1.82) is 5.41 Å². The molecule has 2 N–H and O–H groups in total. The number of ether oxygens (including phenoxy) is 3. The summed E-state index contributed by atoms with van der Waals surface area (Å²) in [5, 5.41) is 24.5. The number of carboxylic acid groups (broad SMARTS) is 1. The molecule has 0 radical (unpaired) electrons. The summed E-state index contributed by atoms with van der Waals surface area (Å²) in [4.78, 5) is 24.6. The highest BCUT2D eigenvalue weighted by molar-refractivity contribution is 5.97. The summed E-state index contributed by atoms with van der Waals surface area (Å²) in [6.45, 7) is 13.2. The van der Waals surface area contributed by atoms with Crippen LogP contribution in [0.3, 0.4) is 0 Å². The van der Waals surface area contributed by atoms with E-state index in [1.54, 1.807) is 13.2 Å². The lowest BCUT2D eigenvalue weighted by atomic mass is 9.84. The van der Waals surface area contributed by atoms with Crippen molar-refractivity contribution in [3.05, 3.63) is 40.5 Å². The lowest BCUT2D eigenvalue weighted by molar-refractivity contribution is -0.192. The Morgan fingerprint density at radius 3 is 2.26 bits per heavy atom. The molecular weight excluding hydrogens is 561 g/mol.